The molecular formula is C20H30N2O5S. The van der Waals surface area contributed by atoms with Crippen molar-refractivity contribution in [3.63, 3.8) is 0 Å². The van der Waals surface area contributed by atoms with Crippen molar-refractivity contribution in [2.75, 3.05) is 26.7 Å². The Hall–Kier alpha value is -1.93. The van der Waals surface area contributed by atoms with Gasteiger partial charge in [-0.25, -0.2) is 13.2 Å². The van der Waals surface area contributed by atoms with E-state index in [4.69, 9.17) is 4.74 Å². The first-order chi connectivity index (χ1) is 13.0. The fourth-order valence-electron chi connectivity index (χ4n) is 3.40. The number of carbonyl (C=O) groups excluding carboxylic acids is 2. The van der Waals surface area contributed by atoms with Crippen LogP contribution in [0.1, 0.15) is 44.5 Å². The van der Waals surface area contributed by atoms with Crippen LogP contribution in [0.2, 0.25) is 0 Å². The summed E-state index contributed by atoms with van der Waals surface area (Å²) in [7, 11) is -2.21. The van der Waals surface area contributed by atoms with Crippen molar-refractivity contribution in [3.05, 3.63) is 29.8 Å². The van der Waals surface area contributed by atoms with E-state index in [9.17, 15) is 18.0 Å². The molecule has 1 aromatic rings. The van der Waals surface area contributed by atoms with Gasteiger partial charge in [0.2, 0.25) is 10.0 Å². The van der Waals surface area contributed by atoms with Gasteiger partial charge in [0, 0.05) is 26.2 Å². The number of benzene rings is 1. The molecule has 156 valence electrons. The van der Waals surface area contributed by atoms with Gasteiger partial charge in [-0.1, -0.05) is 19.9 Å². The molecule has 2 rings (SSSR count). The summed E-state index contributed by atoms with van der Waals surface area (Å²) in [5.74, 6) is -0.0998. The van der Waals surface area contributed by atoms with E-state index in [1.807, 2.05) is 0 Å². The minimum atomic E-state index is -3.70. The highest BCUT2D eigenvalue weighted by atomic mass is 32.2. The second-order valence-corrected chi connectivity index (χ2v) is 9.96. The molecule has 0 aliphatic carbocycles. The molecule has 1 aromatic carbocycles. The van der Waals surface area contributed by atoms with E-state index in [0.29, 0.717) is 24.9 Å². The van der Waals surface area contributed by atoms with Crippen LogP contribution in [0.5, 0.6) is 0 Å². The molecule has 8 heteroatoms. The fraction of sp³-hybridized carbons (Fsp3) is 0.600. The Balaban J connectivity index is 2.04. The Kier molecular flexibility index (Phi) is 7.22. The van der Waals surface area contributed by atoms with Crippen LogP contribution in [-0.2, 0) is 19.6 Å². The van der Waals surface area contributed by atoms with Crippen molar-refractivity contribution < 1.29 is 22.7 Å². The maximum atomic E-state index is 12.6. The van der Waals surface area contributed by atoms with E-state index in [-0.39, 0.29) is 29.0 Å². The maximum absolute atomic E-state index is 12.6. The van der Waals surface area contributed by atoms with Crippen LogP contribution in [0.3, 0.4) is 0 Å². The molecule has 0 spiro atoms. The number of nitrogens with zero attached hydrogens (tertiary/aromatic N) is 2. The predicted molar refractivity (Wildman–Crippen MR) is 106 cm³/mol. The first-order valence-corrected chi connectivity index (χ1v) is 11.0. The van der Waals surface area contributed by atoms with Crippen molar-refractivity contribution >= 4 is 21.9 Å². The number of carbonyl (C=O) groups is 2. The predicted octanol–water partition coefficient (Wildman–Crippen LogP) is 2.38. The van der Waals surface area contributed by atoms with Crippen LogP contribution < -0.4 is 0 Å². The third-order valence-corrected chi connectivity index (χ3v) is 7.05. The SMILES string of the molecule is CC(C)N(C)S(=O)(=O)c1cccc(C(=O)OCC(=O)N2C[C@H](C)C[C@H](C)C2)c1. The van der Waals surface area contributed by atoms with Gasteiger partial charge >= 0.3 is 5.97 Å². The molecule has 0 saturated carbocycles. The third kappa shape index (κ3) is 5.32. The summed E-state index contributed by atoms with van der Waals surface area (Å²) < 4.78 is 31.6. The molecule has 7 nitrogen and oxygen atoms in total. The Morgan fingerprint density at radius 1 is 1.21 bits per heavy atom. The zero-order valence-electron chi connectivity index (χ0n) is 17.2. The van der Waals surface area contributed by atoms with Crippen molar-refractivity contribution in [1.82, 2.24) is 9.21 Å². The number of piperidine rings is 1. The van der Waals surface area contributed by atoms with E-state index >= 15 is 0 Å². The molecule has 0 unspecified atom stereocenters. The zero-order chi connectivity index (χ0) is 21.1. The number of sulfonamides is 1. The molecule has 1 aliphatic rings. The number of amides is 1. The van der Waals surface area contributed by atoms with Gasteiger partial charge < -0.3 is 9.64 Å². The number of hydrogen-bond donors (Lipinski definition) is 0. The topological polar surface area (TPSA) is 84.0 Å². The maximum Gasteiger partial charge on any atom is 0.338 e. The van der Waals surface area contributed by atoms with E-state index < -0.39 is 16.0 Å². The van der Waals surface area contributed by atoms with Crippen LogP contribution in [-0.4, -0.2) is 62.3 Å². The van der Waals surface area contributed by atoms with Crippen LogP contribution in [0.15, 0.2) is 29.2 Å². The van der Waals surface area contributed by atoms with Gasteiger partial charge in [-0.2, -0.15) is 4.31 Å². The average Bonchev–Trinajstić information content (AvgIpc) is 2.64. The average molecular weight is 411 g/mol. The van der Waals surface area contributed by atoms with Crippen molar-refractivity contribution in [2.24, 2.45) is 11.8 Å². The molecule has 2 atom stereocenters. The normalized spacial score (nSPS) is 20.5. The molecule has 1 aliphatic heterocycles. The first-order valence-electron chi connectivity index (χ1n) is 9.55. The van der Waals surface area contributed by atoms with Gasteiger partial charge in [0.15, 0.2) is 6.61 Å². The Morgan fingerprint density at radius 3 is 2.39 bits per heavy atom. The van der Waals surface area contributed by atoms with Crippen LogP contribution >= 0.6 is 0 Å². The highest BCUT2D eigenvalue weighted by molar-refractivity contribution is 7.89. The smallest absolute Gasteiger partial charge is 0.338 e. The monoisotopic (exact) mass is 410 g/mol. The van der Waals surface area contributed by atoms with Crippen LogP contribution in [0, 0.1) is 11.8 Å². The number of esters is 1. The second kappa shape index (κ2) is 9.05. The van der Waals surface area contributed by atoms with E-state index in [0.717, 1.165) is 6.42 Å². The zero-order valence-corrected chi connectivity index (χ0v) is 18.0. The summed E-state index contributed by atoms with van der Waals surface area (Å²) in [4.78, 5) is 26.4. The molecule has 0 aromatic heterocycles. The minimum Gasteiger partial charge on any atom is -0.452 e. The lowest BCUT2D eigenvalue weighted by Gasteiger charge is -2.34. The van der Waals surface area contributed by atoms with Gasteiger partial charge in [0.1, 0.15) is 0 Å². The lowest BCUT2D eigenvalue weighted by atomic mass is 9.92. The van der Waals surface area contributed by atoms with E-state index in [1.165, 1.54) is 35.6 Å². The highest BCUT2D eigenvalue weighted by Gasteiger charge is 2.27. The molecule has 28 heavy (non-hydrogen) atoms. The van der Waals surface area contributed by atoms with Gasteiger partial charge in [-0.15, -0.1) is 0 Å². The lowest BCUT2D eigenvalue weighted by molar-refractivity contribution is -0.137. The minimum absolute atomic E-state index is 0.0168. The van der Waals surface area contributed by atoms with Gasteiger partial charge in [-0.05, 0) is 50.3 Å². The number of rotatable bonds is 6. The number of ether oxygens (including phenoxy) is 1. The summed E-state index contributed by atoms with van der Waals surface area (Å²) >= 11 is 0. The summed E-state index contributed by atoms with van der Waals surface area (Å²) in [5.41, 5.74) is 0.103. The van der Waals surface area contributed by atoms with Gasteiger partial charge in [0.25, 0.3) is 5.91 Å². The largest absolute Gasteiger partial charge is 0.452 e. The van der Waals surface area contributed by atoms with Gasteiger partial charge in [0.05, 0.1) is 10.5 Å². The molecular weight excluding hydrogens is 380 g/mol. The molecule has 1 fully saturated rings. The molecule has 0 bridgehead atoms. The van der Waals surface area contributed by atoms with Crippen molar-refractivity contribution in [3.8, 4) is 0 Å². The first kappa shape index (κ1) is 22.4. The number of hydrogen-bond acceptors (Lipinski definition) is 5. The van der Waals surface area contributed by atoms with E-state index in [2.05, 4.69) is 13.8 Å². The van der Waals surface area contributed by atoms with Crippen LogP contribution in [0.25, 0.3) is 0 Å². The summed E-state index contributed by atoms with van der Waals surface area (Å²) in [6, 6.07) is 5.48. The molecule has 0 radical (unpaired) electrons. The summed E-state index contributed by atoms with van der Waals surface area (Å²) in [6.07, 6.45) is 1.08. The standard InChI is InChI=1S/C20H30N2O5S/c1-14(2)21(5)28(25,26)18-8-6-7-17(10-18)20(24)27-13-19(23)22-11-15(3)9-16(4)12-22/h6-8,10,14-16H,9,11-13H2,1-5H3/t15-,16+. The Bertz CT molecular complexity index is 812. The van der Waals surface area contributed by atoms with E-state index in [1.54, 1.807) is 18.7 Å². The molecule has 1 amide bonds. The Labute approximate surface area is 167 Å². The molecule has 0 N–H and O–H groups in total. The number of likely N-dealkylation sites (tertiary alicyclic amines) is 1. The third-order valence-electron chi connectivity index (χ3n) is 5.02. The fourth-order valence-corrected chi connectivity index (χ4v) is 4.81. The summed E-state index contributed by atoms with van der Waals surface area (Å²) in [5, 5.41) is 0. The van der Waals surface area contributed by atoms with Crippen LogP contribution in [0.4, 0.5) is 0 Å². The second-order valence-electron chi connectivity index (χ2n) is 7.96. The summed E-state index contributed by atoms with van der Waals surface area (Å²) in [6.45, 7) is 8.71. The molecule has 1 heterocycles. The van der Waals surface area contributed by atoms with Crippen molar-refractivity contribution in [2.45, 2.75) is 45.1 Å². The Morgan fingerprint density at radius 2 is 1.82 bits per heavy atom. The highest BCUT2D eigenvalue weighted by Crippen LogP contribution is 2.21. The molecule has 1 saturated heterocycles. The van der Waals surface area contributed by atoms with Gasteiger partial charge in [-0.3, -0.25) is 4.79 Å². The lowest BCUT2D eigenvalue weighted by Crippen LogP contribution is -2.44. The van der Waals surface area contributed by atoms with Crippen molar-refractivity contribution in [1.29, 1.82) is 0 Å². The quantitative estimate of drug-likeness (QED) is 0.673.